The monoisotopic (exact) mass is 352 g/mol. The highest BCUT2D eigenvalue weighted by atomic mass is 19.1. The molecule has 25 heavy (non-hydrogen) atoms. The SMILES string of the molecule is COc1ccc(C(=O)N2CCCN(C(=O)OC(C)(C)C)CC2)cc1F. The van der Waals surface area contributed by atoms with E-state index >= 15 is 0 Å². The third-order valence-electron chi connectivity index (χ3n) is 3.83. The quantitative estimate of drug-likeness (QED) is 0.821. The third-order valence-corrected chi connectivity index (χ3v) is 3.83. The highest BCUT2D eigenvalue weighted by Crippen LogP contribution is 2.19. The van der Waals surface area contributed by atoms with Gasteiger partial charge in [-0.1, -0.05) is 0 Å². The number of nitrogens with zero attached hydrogens (tertiary/aromatic N) is 2. The topological polar surface area (TPSA) is 59.1 Å². The Morgan fingerprint density at radius 3 is 2.32 bits per heavy atom. The van der Waals surface area contributed by atoms with Crippen molar-refractivity contribution in [1.82, 2.24) is 9.80 Å². The van der Waals surface area contributed by atoms with E-state index in [9.17, 15) is 14.0 Å². The van der Waals surface area contributed by atoms with Crippen LogP contribution in [-0.4, -0.2) is 60.7 Å². The first-order valence-corrected chi connectivity index (χ1v) is 8.32. The van der Waals surface area contributed by atoms with Crippen LogP contribution in [0.15, 0.2) is 18.2 Å². The summed E-state index contributed by atoms with van der Waals surface area (Å²) < 4.78 is 24.1. The van der Waals surface area contributed by atoms with E-state index in [0.29, 0.717) is 32.6 Å². The van der Waals surface area contributed by atoms with E-state index in [1.807, 2.05) is 20.8 Å². The Labute approximate surface area is 147 Å². The van der Waals surface area contributed by atoms with Gasteiger partial charge in [-0.05, 0) is 45.4 Å². The molecule has 1 aromatic rings. The number of hydrogen-bond acceptors (Lipinski definition) is 4. The minimum absolute atomic E-state index is 0.100. The second-order valence-corrected chi connectivity index (χ2v) is 6.96. The molecule has 1 aliphatic rings. The lowest BCUT2D eigenvalue weighted by atomic mass is 10.1. The van der Waals surface area contributed by atoms with Crippen LogP contribution in [0.2, 0.25) is 0 Å². The first kappa shape index (κ1) is 19.0. The third kappa shape index (κ3) is 5.08. The zero-order valence-corrected chi connectivity index (χ0v) is 15.2. The molecule has 1 heterocycles. The minimum atomic E-state index is -0.571. The molecule has 0 radical (unpaired) electrons. The van der Waals surface area contributed by atoms with E-state index in [2.05, 4.69) is 0 Å². The van der Waals surface area contributed by atoms with E-state index in [1.54, 1.807) is 15.9 Å². The minimum Gasteiger partial charge on any atom is -0.494 e. The van der Waals surface area contributed by atoms with Crippen LogP contribution in [0.1, 0.15) is 37.6 Å². The number of carbonyl (C=O) groups is 2. The maximum absolute atomic E-state index is 13.8. The predicted molar refractivity (Wildman–Crippen MR) is 91.3 cm³/mol. The van der Waals surface area contributed by atoms with Crippen LogP contribution in [-0.2, 0) is 4.74 Å². The molecule has 7 heteroatoms. The van der Waals surface area contributed by atoms with Crippen LogP contribution in [0.5, 0.6) is 5.75 Å². The fraction of sp³-hybridized carbons (Fsp3) is 0.556. The van der Waals surface area contributed by atoms with E-state index in [0.717, 1.165) is 0 Å². The van der Waals surface area contributed by atoms with Crippen LogP contribution >= 0.6 is 0 Å². The Morgan fingerprint density at radius 2 is 1.72 bits per heavy atom. The van der Waals surface area contributed by atoms with Crippen molar-refractivity contribution in [1.29, 1.82) is 0 Å². The van der Waals surface area contributed by atoms with Gasteiger partial charge in [0.1, 0.15) is 5.60 Å². The molecule has 138 valence electrons. The Morgan fingerprint density at radius 1 is 1.08 bits per heavy atom. The number of ether oxygens (including phenoxy) is 2. The Hall–Kier alpha value is -2.31. The van der Waals surface area contributed by atoms with Gasteiger partial charge in [-0.25, -0.2) is 9.18 Å². The maximum Gasteiger partial charge on any atom is 0.410 e. The molecular formula is C18H25FN2O4. The van der Waals surface area contributed by atoms with Crippen LogP contribution in [0.25, 0.3) is 0 Å². The van der Waals surface area contributed by atoms with Crippen LogP contribution in [0, 0.1) is 5.82 Å². The van der Waals surface area contributed by atoms with E-state index in [1.165, 1.54) is 19.2 Å². The van der Waals surface area contributed by atoms with Gasteiger partial charge in [0, 0.05) is 31.7 Å². The van der Waals surface area contributed by atoms with Crippen molar-refractivity contribution in [2.75, 3.05) is 33.3 Å². The number of methoxy groups -OCH3 is 1. The van der Waals surface area contributed by atoms with Crippen LogP contribution < -0.4 is 4.74 Å². The fourth-order valence-corrected chi connectivity index (χ4v) is 2.61. The number of hydrogen-bond donors (Lipinski definition) is 0. The first-order valence-electron chi connectivity index (χ1n) is 8.32. The molecule has 2 rings (SSSR count). The van der Waals surface area contributed by atoms with Crippen LogP contribution in [0.4, 0.5) is 9.18 Å². The average Bonchev–Trinajstić information content (AvgIpc) is 2.78. The molecule has 1 aromatic carbocycles. The van der Waals surface area contributed by atoms with Crippen molar-refractivity contribution in [3.05, 3.63) is 29.6 Å². The highest BCUT2D eigenvalue weighted by molar-refractivity contribution is 5.94. The lowest BCUT2D eigenvalue weighted by Gasteiger charge is -2.26. The number of halogens is 1. The maximum atomic E-state index is 13.8. The standard InChI is InChI=1S/C18H25FN2O4/c1-18(2,3)25-17(23)21-9-5-8-20(10-11-21)16(22)13-6-7-15(24-4)14(19)12-13/h6-7,12H,5,8-11H2,1-4H3. The molecule has 1 fully saturated rings. The van der Waals surface area contributed by atoms with Gasteiger partial charge in [0.25, 0.3) is 5.91 Å². The Bertz CT molecular complexity index is 642. The summed E-state index contributed by atoms with van der Waals surface area (Å²) in [6, 6.07) is 4.16. The van der Waals surface area contributed by atoms with Crippen molar-refractivity contribution >= 4 is 12.0 Å². The molecule has 0 aromatic heterocycles. The molecule has 0 saturated carbocycles. The molecule has 0 aliphatic carbocycles. The van der Waals surface area contributed by atoms with E-state index in [-0.39, 0.29) is 23.3 Å². The van der Waals surface area contributed by atoms with Crippen molar-refractivity contribution in [2.24, 2.45) is 0 Å². The van der Waals surface area contributed by atoms with Gasteiger partial charge in [-0.3, -0.25) is 4.79 Å². The molecule has 0 N–H and O–H groups in total. The largest absolute Gasteiger partial charge is 0.494 e. The lowest BCUT2D eigenvalue weighted by Crippen LogP contribution is -2.40. The summed E-state index contributed by atoms with van der Waals surface area (Å²) in [5.41, 5.74) is -0.288. The van der Waals surface area contributed by atoms with Gasteiger partial charge in [0.05, 0.1) is 7.11 Å². The Kier molecular flexibility index (Phi) is 5.87. The van der Waals surface area contributed by atoms with Gasteiger partial charge < -0.3 is 19.3 Å². The predicted octanol–water partition coefficient (Wildman–Crippen LogP) is 2.92. The molecule has 1 aliphatic heterocycles. The van der Waals surface area contributed by atoms with Crippen molar-refractivity contribution in [3.8, 4) is 5.75 Å². The number of rotatable bonds is 2. The summed E-state index contributed by atoms with van der Waals surface area (Å²) in [5, 5.41) is 0. The zero-order valence-electron chi connectivity index (χ0n) is 15.2. The summed E-state index contributed by atoms with van der Waals surface area (Å²) in [6.07, 6.45) is 0.265. The summed E-state index contributed by atoms with van der Waals surface area (Å²) in [4.78, 5) is 28.0. The van der Waals surface area contributed by atoms with Gasteiger partial charge in [-0.2, -0.15) is 0 Å². The average molecular weight is 352 g/mol. The van der Waals surface area contributed by atoms with Crippen LogP contribution in [0.3, 0.4) is 0 Å². The number of carbonyl (C=O) groups excluding carboxylic acids is 2. The number of benzene rings is 1. The first-order chi connectivity index (χ1) is 11.7. The Balaban J connectivity index is 2.01. The second-order valence-electron chi connectivity index (χ2n) is 6.96. The highest BCUT2D eigenvalue weighted by Gasteiger charge is 2.26. The summed E-state index contributed by atoms with van der Waals surface area (Å²) >= 11 is 0. The fourth-order valence-electron chi connectivity index (χ4n) is 2.61. The zero-order chi connectivity index (χ0) is 18.6. The van der Waals surface area contributed by atoms with Gasteiger partial charge in [0.2, 0.25) is 0 Å². The van der Waals surface area contributed by atoms with Gasteiger partial charge in [-0.15, -0.1) is 0 Å². The van der Waals surface area contributed by atoms with Gasteiger partial charge in [0.15, 0.2) is 11.6 Å². The van der Waals surface area contributed by atoms with E-state index < -0.39 is 11.4 Å². The van der Waals surface area contributed by atoms with E-state index in [4.69, 9.17) is 9.47 Å². The molecule has 1 saturated heterocycles. The molecule has 6 nitrogen and oxygen atoms in total. The molecule has 0 bridgehead atoms. The second kappa shape index (κ2) is 7.72. The van der Waals surface area contributed by atoms with Gasteiger partial charge >= 0.3 is 6.09 Å². The van der Waals surface area contributed by atoms with Crippen molar-refractivity contribution < 1.29 is 23.5 Å². The van der Waals surface area contributed by atoms with Crippen molar-refractivity contribution in [2.45, 2.75) is 32.8 Å². The number of amides is 2. The van der Waals surface area contributed by atoms with Crippen molar-refractivity contribution in [3.63, 3.8) is 0 Å². The smallest absolute Gasteiger partial charge is 0.410 e. The molecule has 0 atom stereocenters. The molecule has 0 unspecified atom stereocenters. The molecular weight excluding hydrogens is 327 g/mol. The lowest BCUT2D eigenvalue weighted by molar-refractivity contribution is 0.0255. The molecule has 2 amide bonds. The summed E-state index contributed by atoms with van der Waals surface area (Å²) in [7, 11) is 1.37. The molecule has 0 spiro atoms. The normalized spacial score (nSPS) is 15.6. The summed E-state index contributed by atoms with van der Waals surface area (Å²) in [5.74, 6) is -0.727. The summed E-state index contributed by atoms with van der Waals surface area (Å²) in [6.45, 7) is 7.25.